The monoisotopic (exact) mass is 341 g/mol. The van der Waals surface area contributed by atoms with Gasteiger partial charge in [0.05, 0.1) is 12.0 Å². The van der Waals surface area contributed by atoms with E-state index in [9.17, 15) is 31.2 Å². The van der Waals surface area contributed by atoms with E-state index in [1.54, 1.807) is 4.72 Å². The molecule has 1 aromatic rings. The highest BCUT2D eigenvalue weighted by Crippen LogP contribution is 2.23. The Balaban J connectivity index is 3.36. The molecular formula is C11H10F3NO6S. The molecule has 0 saturated heterocycles. The summed E-state index contributed by atoms with van der Waals surface area (Å²) in [4.78, 5) is 19.7. The maximum atomic E-state index is 13.6. The highest BCUT2D eigenvalue weighted by Gasteiger charge is 2.30. The lowest BCUT2D eigenvalue weighted by molar-refractivity contribution is -0.137. The van der Waals surface area contributed by atoms with Crippen LogP contribution in [0, 0.1) is 17.5 Å². The topological polar surface area (TPSA) is 121 Å². The van der Waals surface area contributed by atoms with Gasteiger partial charge in [-0.1, -0.05) is 0 Å². The molecule has 0 radical (unpaired) electrons. The van der Waals surface area contributed by atoms with Gasteiger partial charge >= 0.3 is 11.9 Å². The normalized spacial score (nSPS) is 12.9. The molecule has 11 heteroatoms. The molecule has 0 spiro atoms. The smallest absolute Gasteiger partial charge is 0.338 e. The number of rotatable bonds is 6. The summed E-state index contributed by atoms with van der Waals surface area (Å²) in [6.45, 7) is 1.14. The van der Waals surface area contributed by atoms with Crippen molar-refractivity contribution in [2.75, 3.05) is 0 Å². The van der Waals surface area contributed by atoms with Gasteiger partial charge in [0.25, 0.3) is 0 Å². The van der Waals surface area contributed by atoms with Crippen molar-refractivity contribution in [1.82, 2.24) is 4.72 Å². The van der Waals surface area contributed by atoms with Crippen LogP contribution >= 0.6 is 0 Å². The summed E-state index contributed by atoms with van der Waals surface area (Å²) in [5.41, 5.74) is -1.37. The van der Waals surface area contributed by atoms with Crippen LogP contribution in [0.1, 0.15) is 23.7 Å². The molecule has 0 heterocycles. The Kier molecular flexibility index (Phi) is 5.14. The Morgan fingerprint density at radius 1 is 1.18 bits per heavy atom. The van der Waals surface area contributed by atoms with Gasteiger partial charge in [0, 0.05) is 6.04 Å². The van der Waals surface area contributed by atoms with E-state index in [-0.39, 0.29) is 6.07 Å². The highest BCUT2D eigenvalue weighted by molar-refractivity contribution is 7.89. The lowest BCUT2D eigenvalue weighted by atomic mass is 10.2. The number of benzene rings is 1. The number of hydrogen-bond donors (Lipinski definition) is 3. The van der Waals surface area contributed by atoms with Crippen molar-refractivity contribution >= 4 is 22.0 Å². The number of aromatic carboxylic acids is 1. The van der Waals surface area contributed by atoms with Gasteiger partial charge in [0.15, 0.2) is 17.5 Å². The second kappa shape index (κ2) is 6.32. The zero-order valence-corrected chi connectivity index (χ0v) is 11.7. The van der Waals surface area contributed by atoms with E-state index in [4.69, 9.17) is 10.2 Å². The Labute approximate surface area is 122 Å². The number of carboxylic acids is 2. The van der Waals surface area contributed by atoms with Gasteiger partial charge in [-0.05, 0) is 13.0 Å². The number of nitrogens with one attached hydrogen (secondary N) is 1. The fourth-order valence-electron chi connectivity index (χ4n) is 1.56. The zero-order chi connectivity index (χ0) is 17.2. The van der Waals surface area contributed by atoms with Crippen LogP contribution in [-0.4, -0.2) is 36.6 Å². The van der Waals surface area contributed by atoms with Gasteiger partial charge in [-0.3, -0.25) is 4.79 Å². The molecule has 0 fully saturated rings. The van der Waals surface area contributed by atoms with Crippen molar-refractivity contribution in [3.05, 3.63) is 29.1 Å². The predicted molar refractivity (Wildman–Crippen MR) is 65.3 cm³/mol. The molecule has 0 aromatic heterocycles. The molecule has 7 nitrogen and oxygen atoms in total. The first-order valence-electron chi connectivity index (χ1n) is 5.62. The summed E-state index contributed by atoms with van der Waals surface area (Å²) >= 11 is 0. The molecular weight excluding hydrogens is 331 g/mol. The van der Waals surface area contributed by atoms with E-state index in [1.807, 2.05) is 0 Å². The minimum absolute atomic E-state index is 0.117. The molecule has 22 heavy (non-hydrogen) atoms. The van der Waals surface area contributed by atoms with Crippen molar-refractivity contribution < 1.29 is 41.4 Å². The van der Waals surface area contributed by atoms with Gasteiger partial charge in [-0.2, -0.15) is 0 Å². The van der Waals surface area contributed by atoms with Gasteiger partial charge in [-0.25, -0.2) is 31.1 Å². The molecule has 1 aromatic carbocycles. The summed E-state index contributed by atoms with van der Waals surface area (Å²) in [7, 11) is -4.79. The summed E-state index contributed by atoms with van der Waals surface area (Å²) in [5, 5.41) is 17.2. The molecule has 3 N–H and O–H groups in total. The highest BCUT2D eigenvalue weighted by atomic mass is 32.2. The molecule has 122 valence electrons. The Bertz CT molecular complexity index is 734. The third kappa shape index (κ3) is 3.74. The third-order valence-corrected chi connectivity index (χ3v) is 4.06. The molecule has 0 bridgehead atoms. The Morgan fingerprint density at radius 2 is 1.73 bits per heavy atom. The fourth-order valence-corrected chi connectivity index (χ4v) is 2.90. The first-order valence-corrected chi connectivity index (χ1v) is 7.10. The summed E-state index contributed by atoms with van der Waals surface area (Å²) < 4.78 is 65.5. The van der Waals surface area contributed by atoms with Crippen molar-refractivity contribution in [3.63, 3.8) is 0 Å². The van der Waals surface area contributed by atoms with E-state index in [1.165, 1.54) is 0 Å². The third-order valence-electron chi connectivity index (χ3n) is 2.47. The van der Waals surface area contributed by atoms with Crippen LogP contribution in [0.5, 0.6) is 0 Å². The minimum Gasteiger partial charge on any atom is -0.481 e. The van der Waals surface area contributed by atoms with E-state index >= 15 is 0 Å². The van der Waals surface area contributed by atoms with Crippen molar-refractivity contribution in [1.29, 1.82) is 0 Å². The standard InChI is InChI=1S/C11H10F3NO6S/c1-4(2-7(16)17)15-22(20,21)6-3-5(11(18)19)8(12)10(14)9(6)13/h3-4,15H,2H2,1H3,(H,16,17)(H,18,19)/t4-/m1/s1. The van der Waals surface area contributed by atoms with Crippen LogP contribution in [0.15, 0.2) is 11.0 Å². The lowest BCUT2D eigenvalue weighted by Gasteiger charge is -2.13. The fraction of sp³-hybridized carbons (Fsp3) is 0.273. The molecule has 1 atom stereocenters. The Hall–Kier alpha value is -2.14. The number of sulfonamides is 1. The number of aliphatic carboxylic acids is 1. The van der Waals surface area contributed by atoms with Crippen molar-refractivity contribution in [3.8, 4) is 0 Å². The lowest BCUT2D eigenvalue weighted by Crippen LogP contribution is -2.35. The van der Waals surface area contributed by atoms with Crippen molar-refractivity contribution in [2.24, 2.45) is 0 Å². The van der Waals surface area contributed by atoms with E-state index < -0.39 is 62.3 Å². The molecule has 0 aliphatic heterocycles. The maximum Gasteiger partial charge on any atom is 0.338 e. The Morgan fingerprint density at radius 3 is 2.18 bits per heavy atom. The number of carboxylic acid groups (broad SMARTS) is 2. The number of halogens is 3. The molecule has 1 rings (SSSR count). The van der Waals surface area contributed by atoms with Gasteiger partial charge in [0.1, 0.15) is 4.90 Å². The van der Waals surface area contributed by atoms with Crippen LogP contribution < -0.4 is 4.72 Å². The van der Waals surface area contributed by atoms with E-state index in [2.05, 4.69) is 0 Å². The first kappa shape index (κ1) is 17.9. The summed E-state index contributed by atoms with van der Waals surface area (Å²) in [6, 6.07) is -1.07. The average Bonchev–Trinajstić information content (AvgIpc) is 2.33. The molecule has 0 aliphatic carbocycles. The molecule has 0 unspecified atom stereocenters. The summed E-state index contributed by atoms with van der Waals surface area (Å²) in [5.74, 6) is -9.75. The SMILES string of the molecule is C[C@H](CC(=O)O)NS(=O)(=O)c1cc(C(=O)O)c(F)c(F)c1F. The van der Waals surface area contributed by atoms with E-state index in [0.717, 1.165) is 6.92 Å². The van der Waals surface area contributed by atoms with Crippen molar-refractivity contribution in [2.45, 2.75) is 24.3 Å². The minimum atomic E-state index is -4.79. The van der Waals surface area contributed by atoms with Gasteiger partial charge in [0.2, 0.25) is 10.0 Å². The second-order valence-corrected chi connectivity index (χ2v) is 5.97. The number of hydrogen-bond acceptors (Lipinski definition) is 4. The van der Waals surface area contributed by atoms with Crippen LogP contribution in [0.25, 0.3) is 0 Å². The van der Waals surface area contributed by atoms with E-state index in [0.29, 0.717) is 0 Å². The first-order chi connectivity index (χ1) is 9.97. The predicted octanol–water partition coefficient (Wildman–Crippen LogP) is 0.944. The zero-order valence-electron chi connectivity index (χ0n) is 10.9. The maximum absolute atomic E-state index is 13.6. The second-order valence-electron chi connectivity index (χ2n) is 4.29. The largest absolute Gasteiger partial charge is 0.481 e. The van der Waals surface area contributed by atoms with Gasteiger partial charge in [-0.15, -0.1) is 0 Å². The number of carbonyl (C=O) groups is 2. The van der Waals surface area contributed by atoms with Crippen LogP contribution in [0.2, 0.25) is 0 Å². The van der Waals surface area contributed by atoms with Crippen LogP contribution in [-0.2, 0) is 14.8 Å². The average molecular weight is 341 g/mol. The molecule has 0 amide bonds. The van der Waals surface area contributed by atoms with Gasteiger partial charge < -0.3 is 10.2 Å². The van der Waals surface area contributed by atoms with Crippen LogP contribution in [0.3, 0.4) is 0 Å². The molecule has 0 aliphatic rings. The van der Waals surface area contributed by atoms with Crippen LogP contribution in [0.4, 0.5) is 13.2 Å². The quantitative estimate of drug-likeness (QED) is 0.662. The molecule has 0 saturated carbocycles. The summed E-state index contributed by atoms with van der Waals surface area (Å²) in [6.07, 6.45) is -0.656.